The van der Waals surface area contributed by atoms with Gasteiger partial charge in [0.25, 0.3) is 0 Å². The quantitative estimate of drug-likeness (QED) is 0.908. The molecule has 0 aliphatic heterocycles. The number of hydrogen-bond donors (Lipinski definition) is 2. The number of fused-ring (bicyclic) bond motifs is 1. The minimum atomic E-state index is -0.436. The summed E-state index contributed by atoms with van der Waals surface area (Å²) < 4.78 is 13.8. The van der Waals surface area contributed by atoms with Gasteiger partial charge in [-0.15, -0.1) is 0 Å². The first kappa shape index (κ1) is 13.6. The van der Waals surface area contributed by atoms with E-state index in [0.717, 1.165) is 35.2 Å². The van der Waals surface area contributed by atoms with E-state index in [1.807, 2.05) is 19.1 Å². The van der Waals surface area contributed by atoms with E-state index < -0.39 is 5.91 Å². The second kappa shape index (κ2) is 5.20. The summed E-state index contributed by atoms with van der Waals surface area (Å²) in [4.78, 5) is 11.4. The molecule has 4 heteroatoms. The van der Waals surface area contributed by atoms with Crippen LogP contribution < -0.4 is 11.1 Å². The Bertz CT molecular complexity index is 712. The molecule has 0 saturated carbocycles. The van der Waals surface area contributed by atoms with Gasteiger partial charge in [0.1, 0.15) is 5.82 Å². The monoisotopic (exact) mass is 284 g/mol. The summed E-state index contributed by atoms with van der Waals surface area (Å²) in [5.74, 6) is -0.576. The standard InChI is InChI=1S/C17H17FN2O/c1-10-11(17(19)21)4-3-7-15(10)20-16-9-8-12-13(16)5-2-6-14(12)18/h2-7,16,20H,8-9H2,1H3,(H2,19,21). The fraction of sp³-hybridized carbons (Fsp3) is 0.235. The number of halogens is 1. The maximum atomic E-state index is 13.8. The molecule has 0 bridgehead atoms. The smallest absolute Gasteiger partial charge is 0.249 e. The molecule has 2 aromatic carbocycles. The molecular weight excluding hydrogens is 267 g/mol. The molecule has 3 nitrogen and oxygen atoms in total. The SMILES string of the molecule is Cc1c(NC2CCc3c(F)cccc32)cccc1C(N)=O. The van der Waals surface area contributed by atoms with Crippen LogP contribution in [-0.4, -0.2) is 5.91 Å². The molecule has 21 heavy (non-hydrogen) atoms. The third kappa shape index (κ3) is 2.37. The van der Waals surface area contributed by atoms with Crippen molar-refractivity contribution in [2.45, 2.75) is 25.8 Å². The van der Waals surface area contributed by atoms with Gasteiger partial charge in [-0.1, -0.05) is 18.2 Å². The van der Waals surface area contributed by atoms with Crippen LogP contribution in [-0.2, 0) is 6.42 Å². The van der Waals surface area contributed by atoms with E-state index in [4.69, 9.17) is 5.73 Å². The second-order valence-corrected chi connectivity index (χ2v) is 5.39. The van der Waals surface area contributed by atoms with Gasteiger partial charge in [0.05, 0.1) is 6.04 Å². The number of amides is 1. The number of anilines is 1. The summed E-state index contributed by atoms with van der Waals surface area (Å²) in [7, 11) is 0. The predicted octanol–water partition coefficient (Wildman–Crippen LogP) is 3.33. The van der Waals surface area contributed by atoms with Crippen molar-refractivity contribution in [3.8, 4) is 0 Å². The molecule has 1 atom stereocenters. The van der Waals surface area contributed by atoms with Gasteiger partial charge in [0, 0.05) is 11.3 Å². The average Bonchev–Trinajstić information content (AvgIpc) is 2.85. The lowest BCUT2D eigenvalue weighted by Gasteiger charge is -2.18. The van der Waals surface area contributed by atoms with Crippen LogP contribution in [0.4, 0.5) is 10.1 Å². The van der Waals surface area contributed by atoms with Crippen LogP contribution in [0.15, 0.2) is 36.4 Å². The fourth-order valence-corrected chi connectivity index (χ4v) is 3.01. The molecule has 0 spiro atoms. The molecule has 0 saturated heterocycles. The molecule has 0 heterocycles. The zero-order valence-corrected chi connectivity index (χ0v) is 11.8. The second-order valence-electron chi connectivity index (χ2n) is 5.39. The topological polar surface area (TPSA) is 55.1 Å². The fourth-order valence-electron chi connectivity index (χ4n) is 3.01. The van der Waals surface area contributed by atoms with Crippen molar-refractivity contribution in [1.29, 1.82) is 0 Å². The summed E-state index contributed by atoms with van der Waals surface area (Å²) in [6.07, 6.45) is 1.57. The molecule has 0 aromatic heterocycles. The minimum absolute atomic E-state index is 0.0672. The first-order chi connectivity index (χ1) is 10.1. The van der Waals surface area contributed by atoms with Crippen LogP contribution in [0.2, 0.25) is 0 Å². The van der Waals surface area contributed by atoms with Crippen LogP contribution in [0.1, 0.15) is 39.5 Å². The lowest BCUT2D eigenvalue weighted by atomic mass is 10.0. The predicted molar refractivity (Wildman–Crippen MR) is 80.8 cm³/mol. The number of rotatable bonds is 3. The van der Waals surface area contributed by atoms with E-state index in [1.54, 1.807) is 18.2 Å². The Morgan fingerprint density at radius 2 is 2.05 bits per heavy atom. The zero-order chi connectivity index (χ0) is 15.0. The molecule has 1 amide bonds. The van der Waals surface area contributed by atoms with Crippen LogP contribution in [0, 0.1) is 12.7 Å². The van der Waals surface area contributed by atoms with Gasteiger partial charge in [0.2, 0.25) is 5.91 Å². The van der Waals surface area contributed by atoms with Crippen molar-refractivity contribution in [2.75, 3.05) is 5.32 Å². The number of primary amides is 1. The minimum Gasteiger partial charge on any atom is -0.378 e. The normalized spacial score (nSPS) is 16.6. The zero-order valence-electron chi connectivity index (χ0n) is 11.8. The van der Waals surface area contributed by atoms with Gasteiger partial charge in [-0.05, 0) is 54.7 Å². The number of benzene rings is 2. The molecule has 2 aromatic rings. The maximum absolute atomic E-state index is 13.8. The third-order valence-corrected chi connectivity index (χ3v) is 4.14. The highest BCUT2D eigenvalue weighted by Crippen LogP contribution is 2.36. The molecule has 0 radical (unpaired) electrons. The Kier molecular flexibility index (Phi) is 3.37. The van der Waals surface area contributed by atoms with Crippen molar-refractivity contribution in [1.82, 2.24) is 0 Å². The highest BCUT2D eigenvalue weighted by atomic mass is 19.1. The summed E-state index contributed by atoms with van der Waals surface area (Å²) >= 11 is 0. The molecule has 1 unspecified atom stereocenters. The van der Waals surface area contributed by atoms with E-state index in [1.165, 1.54) is 6.07 Å². The Hall–Kier alpha value is -2.36. The number of hydrogen-bond acceptors (Lipinski definition) is 2. The lowest BCUT2D eigenvalue weighted by Crippen LogP contribution is -2.15. The van der Waals surface area contributed by atoms with Gasteiger partial charge in [-0.3, -0.25) is 4.79 Å². The van der Waals surface area contributed by atoms with E-state index >= 15 is 0 Å². The number of carbonyl (C=O) groups excluding carboxylic acids is 1. The van der Waals surface area contributed by atoms with Gasteiger partial charge in [-0.25, -0.2) is 4.39 Å². The number of carbonyl (C=O) groups is 1. The van der Waals surface area contributed by atoms with Gasteiger partial charge in [0.15, 0.2) is 0 Å². The van der Waals surface area contributed by atoms with Crippen LogP contribution in [0.3, 0.4) is 0 Å². The van der Waals surface area contributed by atoms with Crippen molar-refractivity contribution in [3.63, 3.8) is 0 Å². The Labute approximate surface area is 123 Å². The lowest BCUT2D eigenvalue weighted by molar-refractivity contribution is 0.1000. The molecule has 108 valence electrons. The van der Waals surface area contributed by atoms with Gasteiger partial charge < -0.3 is 11.1 Å². The summed E-state index contributed by atoms with van der Waals surface area (Å²) in [5, 5.41) is 3.41. The summed E-state index contributed by atoms with van der Waals surface area (Å²) in [5.41, 5.74) is 9.37. The highest BCUT2D eigenvalue weighted by Gasteiger charge is 2.25. The Balaban J connectivity index is 1.92. The van der Waals surface area contributed by atoms with Crippen molar-refractivity contribution in [2.24, 2.45) is 5.73 Å². The van der Waals surface area contributed by atoms with Crippen molar-refractivity contribution < 1.29 is 9.18 Å². The maximum Gasteiger partial charge on any atom is 0.249 e. The largest absolute Gasteiger partial charge is 0.378 e. The first-order valence-corrected chi connectivity index (χ1v) is 7.01. The third-order valence-electron chi connectivity index (χ3n) is 4.14. The van der Waals surface area contributed by atoms with Crippen LogP contribution in [0.5, 0.6) is 0 Å². The van der Waals surface area contributed by atoms with E-state index in [0.29, 0.717) is 5.56 Å². The first-order valence-electron chi connectivity index (χ1n) is 7.01. The summed E-state index contributed by atoms with van der Waals surface area (Å²) in [6.45, 7) is 1.86. The molecule has 3 rings (SSSR count). The molecule has 3 N–H and O–H groups in total. The van der Waals surface area contributed by atoms with Crippen LogP contribution >= 0.6 is 0 Å². The van der Waals surface area contributed by atoms with E-state index in [-0.39, 0.29) is 11.9 Å². The number of nitrogens with two attached hydrogens (primary N) is 1. The summed E-state index contributed by atoms with van der Waals surface area (Å²) in [6, 6.07) is 10.7. The van der Waals surface area contributed by atoms with Crippen LogP contribution in [0.25, 0.3) is 0 Å². The molecule has 1 aliphatic rings. The molecule has 0 fully saturated rings. The Morgan fingerprint density at radius 1 is 1.29 bits per heavy atom. The Morgan fingerprint density at radius 3 is 2.81 bits per heavy atom. The van der Waals surface area contributed by atoms with Gasteiger partial charge in [-0.2, -0.15) is 0 Å². The molecular formula is C17H17FN2O. The number of nitrogens with one attached hydrogen (secondary N) is 1. The average molecular weight is 284 g/mol. The van der Waals surface area contributed by atoms with Crippen molar-refractivity contribution >= 4 is 11.6 Å². The van der Waals surface area contributed by atoms with E-state index in [2.05, 4.69) is 5.32 Å². The highest BCUT2D eigenvalue weighted by molar-refractivity contribution is 5.95. The van der Waals surface area contributed by atoms with Gasteiger partial charge >= 0.3 is 0 Å². The molecule has 1 aliphatic carbocycles. The van der Waals surface area contributed by atoms with E-state index in [9.17, 15) is 9.18 Å². The van der Waals surface area contributed by atoms with Crippen molar-refractivity contribution in [3.05, 3.63) is 64.5 Å².